The SMILES string of the molecule is COc1ccc(/C=N\NC(=O)c2ccc(NC(=O)CCCC(=O)O)cc2)cc1. The van der Waals surface area contributed by atoms with Crippen molar-refractivity contribution in [3.63, 3.8) is 0 Å². The number of carbonyl (C=O) groups excluding carboxylic acids is 2. The number of hydrogen-bond acceptors (Lipinski definition) is 5. The van der Waals surface area contributed by atoms with Gasteiger partial charge in [0.2, 0.25) is 5.91 Å². The van der Waals surface area contributed by atoms with E-state index in [0.717, 1.165) is 11.3 Å². The van der Waals surface area contributed by atoms with Crippen LogP contribution >= 0.6 is 0 Å². The van der Waals surface area contributed by atoms with Crippen molar-refractivity contribution < 1.29 is 24.2 Å². The van der Waals surface area contributed by atoms with Crippen molar-refractivity contribution in [3.8, 4) is 5.75 Å². The van der Waals surface area contributed by atoms with Gasteiger partial charge in [0.15, 0.2) is 0 Å². The number of carboxylic acid groups (broad SMARTS) is 1. The number of rotatable bonds is 9. The van der Waals surface area contributed by atoms with Crippen LogP contribution in [0.4, 0.5) is 5.69 Å². The summed E-state index contributed by atoms with van der Waals surface area (Å²) < 4.78 is 5.07. The molecule has 0 aliphatic carbocycles. The van der Waals surface area contributed by atoms with Crippen LogP contribution in [0.15, 0.2) is 53.6 Å². The molecular weight excluding hydrogens is 362 g/mol. The summed E-state index contributed by atoms with van der Waals surface area (Å²) in [5.74, 6) is -0.861. The minimum Gasteiger partial charge on any atom is -0.497 e. The largest absolute Gasteiger partial charge is 0.497 e. The molecule has 0 aliphatic heterocycles. The third-order valence-corrected chi connectivity index (χ3v) is 3.72. The lowest BCUT2D eigenvalue weighted by Crippen LogP contribution is -2.17. The summed E-state index contributed by atoms with van der Waals surface area (Å²) in [5, 5.41) is 15.1. The molecule has 0 radical (unpaired) electrons. The fraction of sp³-hybridized carbons (Fsp3) is 0.200. The maximum absolute atomic E-state index is 12.1. The monoisotopic (exact) mass is 383 g/mol. The Kier molecular flexibility index (Phi) is 7.71. The highest BCUT2D eigenvalue weighted by molar-refractivity contribution is 5.96. The lowest BCUT2D eigenvalue weighted by Gasteiger charge is -2.06. The van der Waals surface area contributed by atoms with E-state index in [-0.39, 0.29) is 31.1 Å². The zero-order chi connectivity index (χ0) is 20.4. The number of carbonyl (C=O) groups is 3. The van der Waals surface area contributed by atoms with Crippen molar-refractivity contribution in [1.82, 2.24) is 5.43 Å². The zero-order valence-corrected chi connectivity index (χ0v) is 15.3. The number of benzene rings is 2. The number of amides is 2. The van der Waals surface area contributed by atoms with Crippen LogP contribution in [0.5, 0.6) is 5.75 Å². The van der Waals surface area contributed by atoms with Gasteiger partial charge in [0.1, 0.15) is 5.75 Å². The number of carboxylic acids is 1. The normalized spacial score (nSPS) is 10.5. The van der Waals surface area contributed by atoms with Crippen LogP contribution in [0.2, 0.25) is 0 Å². The van der Waals surface area contributed by atoms with E-state index in [2.05, 4.69) is 15.8 Å². The van der Waals surface area contributed by atoms with Crippen molar-refractivity contribution >= 4 is 29.7 Å². The molecule has 3 N–H and O–H groups in total. The van der Waals surface area contributed by atoms with Crippen molar-refractivity contribution in [2.45, 2.75) is 19.3 Å². The molecule has 0 fully saturated rings. The smallest absolute Gasteiger partial charge is 0.303 e. The highest BCUT2D eigenvalue weighted by atomic mass is 16.5. The van der Waals surface area contributed by atoms with E-state index >= 15 is 0 Å². The number of hydrogen-bond donors (Lipinski definition) is 3. The highest BCUT2D eigenvalue weighted by Gasteiger charge is 2.07. The Labute approximate surface area is 162 Å². The summed E-state index contributed by atoms with van der Waals surface area (Å²) in [5.41, 5.74) is 4.15. The number of aliphatic carboxylic acids is 1. The Morgan fingerprint density at radius 3 is 2.32 bits per heavy atom. The summed E-state index contributed by atoms with van der Waals surface area (Å²) in [4.78, 5) is 34.2. The Bertz CT molecular complexity index is 845. The molecule has 0 saturated heterocycles. The van der Waals surface area contributed by atoms with E-state index in [0.29, 0.717) is 11.3 Å². The van der Waals surface area contributed by atoms with Gasteiger partial charge in [-0.2, -0.15) is 5.10 Å². The predicted molar refractivity (Wildman–Crippen MR) is 105 cm³/mol. The molecule has 0 saturated carbocycles. The Morgan fingerprint density at radius 2 is 1.71 bits per heavy atom. The van der Waals surface area contributed by atoms with E-state index in [9.17, 15) is 14.4 Å². The molecule has 146 valence electrons. The Balaban J connectivity index is 1.82. The van der Waals surface area contributed by atoms with E-state index in [1.807, 2.05) is 12.1 Å². The van der Waals surface area contributed by atoms with Crippen LogP contribution in [0.25, 0.3) is 0 Å². The summed E-state index contributed by atoms with van der Waals surface area (Å²) >= 11 is 0. The second-order valence-corrected chi connectivity index (χ2v) is 5.85. The molecule has 0 spiro atoms. The quantitative estimate of drug-likeness (QED) is 0.455. The number of ether oxygens (including phenoxy) is 1. The van der Waals surface area contributed by atoms with E-state index in [1.54, 1.807) is 43.5 Å². The molecule has 2 amide bonds. The lowest BCUT2D eigenvalue weighted by atomic mass is 10.2. The van der Waals surface area contributed by atoms with Gasteiger partial charge in [-0.05, 0) is 60.5 Å². The molecule has 28 heavy (non-hydrogen) atoms. The summed E-state index contributed by atoms with van der Waals surface area (Å²) in [6, 6.07) is 13.5. The third kappa shape index (κ3) is 6.91. The van der Waals surface area contributed by atoms with Crippen LogP contribution in [0.1, 0.15) is 35.2 Å². The molecule has 0 bridgehead atoms. The van der Waals surface area contributed by atoms with E-state index in [1.165, 1.54) is 6.21 Å². The van der Waals surface area contributed by atoms with E-state index in [4.69, 9.17) is 9.84 Å². The molecular formula is C20H21N3O5. The standard InChI is InChI=1S/C20H21N3O5/c1-28-17-11-5-14(6-12-17)13-21-23-20(27)15-7-9-16(10-8-15)22-18(24)3-2-4-19(25)26/h5-13H,2-4H2,1H3,(H,22,24)(H,23,27)(H,25,26)/b21-13-. The molecule has 0 unspecified atom stereocenters. The second kappa shape index (κ2) is 10.5. The van der Waals surface area contributed by atoms with Gasteiger partial charge in [0.05, 0.1) is 13.3 Å². The van der Waals surface area contributed by atoms with Gasteiger partial charge in [-0.3, -0.25) is 14.4 Å². The Morgan fingerprint density at radius 1 is 1.04 bits per heavy atom. The molecule has 0 heterocycles. The van der Waals surface area contributed by atoms with Crippen molar-refractivity contribution in [1.29, 1.82) is 0 Å². The summed E-state index contributed by atoms with van der Waals surface area (Å²) in [7, 11) is 1.58. The maximum atomic E-state index is 12.1. The molecule has 8 heteroatoms. The topological polar surface area (TPSA) is 117 Å². The first-order valence-corrected chi connectivity index (χ1v) is 8.57. The number of anilines is 1. The second-order valence-electron chi connectivity index (χ2n) is 5.85. The fourth-order valence-electron chi connectivity index (χ4n) is 2.25. The van der Waals surface area contributed by atoms with Crippen LogP contribution in [-0.4, -0.2) is 36.2 Å². The van der Waals surface area contributed by atoms with Crippen LogP contribution in [0.3, 0.4) is 0 Å². The lowest BCUT2D eigenvalue weighted by molar-refractivity contribution is -0.137. The molecule has 2 aromatic carbocycles. The van der Waals surface area contributed by atoms with Gasteiger partial charge >= 0.3 is 5.97 Å². The summed E-state index contributed by atoms with van der Waals surface area (Å²) in [6.45, 7) is 0. The van der Waals surface area contributed by atoms with Crippen molar-refractivity contribution in [3.05, 3.63) is 59.7 Å². The molecule has 2 rings (SSSR count). The van der Waals surface area contributed by atoms with Crippen LogP contribution in [-0.2, 0) is 9.59 Å². The number of nitrogens with zero attached hydrogens (tertiary/aromatic N) is 1. The van der Waals surface area contributed by atoms with Gasteiger partial charge in [-0.1, -0.05) is 0 Å². The molecule has 0 atom stereocenters. The molecule has 0 aromatic heterocycles. The molecule has 8 nitrogen and oxygen atoms in total. The first-order valence-electron chi connectivity index (χ1n) is 8.57. The van der Waals surface area contributed by atoms with Gasteiger partial charge in [0, 0.05) is 24.1 Å². The summed E-state index contributed by atoms with van der Waals surface area (Å²) in [6.07, 6.45) is 1.86. The van der Waals surface area contributed by atoms with Crippen LogP contribution < -0.4 is 15.5 Å². The average Bonchev–Trinajstić information content (AvgIpc) is 2.68. The van der Waals surface area contributed by atoms with Gasteiger partial charge in [0.25, 0.3) is 5.91 Å². The third-order valence-electron chi connectivity index (χ3n) is 3.72. The fourth-order valence-corrected chi connectivity index (χ4v) is 2.25. The van der Waals surface area contributed by atoms with Gasteiger partial charge in [-0.15, -0.1) is 0 Å². The molecule has 0 aliphatic rings. The minimum absolute atomic E-state index is 0.0520. The average molecular weight is 383 g/mol. The first-order chi connectivity index (χ1) is 13.5. The minimum atomic E-state index is -0.933. The van der Waals surface area contributed by atoms with Gasteiger partial charge < -0.3 is 15.2 Å². The maximum Gasteiger partial charge on any atom is 0.303 e. The van der Waals surface area contributed by atoms with Crippen LogP contribution in [0, 0.1) is 0 Å². The Hall–Kier alpha value is -3.68. The van der Waals surface area contributed by atoms with Gasteiger partial charge in [-0.25, -0.2) is 5.43 Å². The predicted octanol–water partition coefficient (Wildman–Crippen LogP) is 2.65. The zero-order valence-electron chi connectivity index (χ0n) is 15.3. The highest BCUT2D eigenvalue weighted by Crippen LogP contribution is 2.11. The number of hydrazone groups is 1. The van der Waals surface area contributed by atoms with Crippen molar-refractivity contribution in [2.75, 3.05) is 12.4 Å². The van der Waals surface area contributed by atoms with Crippen molar-refractivity contribution in [2.24, 2.45) is 5.10 Å². The first kappa shape index (κ1) is 20.6. The number of methoxy groups -OCH3 is 1. The van der Waals surface area contributed by atoms with E-state index < -0.39 is 5.97 Å². The molecule has 2 aromatic rings. The number of nitrogens with one attached hydrogen (secondary N) is 2.